The van der Waals surface area contributed by atoms with Gasteiger partial charge in [-0.1, -0.05) is 0 Å². The van der Waals surface area contributed by atoms with Crippen molar-refractivity contribution in [1.82, 2.24) is 0 Å². The summed E-state index contributed by atoms with van der Waals surface area (Å²) in [4.78, 5) is 8.11. The molecule has 25 heteroatoms. The molecule has 0 aliphatic rings. The number of nitrogens with one attached hydrogen (secondary N) is 1. The average molecular weight is 864 g/mol. The molecule has 0 radical (unpaired) electrons. The van der Waals surface area contributed by atoms with Crippen LogP contribution in [0.15, 0.2) is 149 Å². The molecule has 0 amide bonds. The lowest BCUT2D eigenvalue weighted by atomic mass is 10.1. The number of fused-ring (bicyclic) bond motifs is 1. The van der Waals surface area contributed by atoms with E-state index >= 15 is 0 Å². The van der Waals surface area contributed by atoms with Crippen molar-refractivity contribution in [3.63, 3.8) is 0 Å². The summed E-state index contributed by atoms with van der Waals surface area (Å²) < 4.78 is 97.9. The minimum absolute atomic E-state index is 0.0142. The van der Waals surface area contributed by atoms with Crippen molar-refractivity contribution < 1.29 is 54.6 Å². The van der Waals surface area contributed by atoms with Crippen molar-refractivity contribution in [2.45, 2.75) is 14.7 Å². The molecule has 6 aromatic rings. The third-order valence-electron chi connectivity index (χ3n) is 7.96. The van der Waals surface area contributed by atoms with Crippen LogP contribution >= 0.6 is 0 Å². The second kappa shape index (κ2) is 15.8. The van der Waals surface area contributed by atoms with Gasteiger partial charge in [0.1, 0.15) is 38.4 Å². The Balaban J connectivity index is 1.28. The van der Waals surface area contributed by atoms with E-state index in [0.29, 0.717) is 12.1 Å². The van der Waals surface area contributed by atoms with Gasteiger partial charge in [-0.2, -0.15) is 32.2 Å². The quantitative estimate of drug-likeness (QED) is 0.0201. The molecular weight excluding hydrogens is 839 g/mol. The fourth-order valence-corrected chi connectivity index (χ4v) is 7.56. The smallest absolute Gasteiger partial charge is 0.296 e. The summed E-state index contributed by atoms with van der Waals surface area (Å²) in [5.74, 6) is -1.52. The predicted molar refractivity (Wildman–Crippen MR) is 209 cm³/mol. The highest BCUT2D eigenvalue weighted by Gasteiger charge is 2.28. The molecule has 0 heterocycles. The fourth-order valence-electron chi connectivity index (χ4n) is 5.17. The van der Waals surface area contributed by atoms with Crippen LogP contribution in [0.3, 0.4) is 0 Å². The van der Waals surface area contributed by atoms with Crippen LogP contribution in [0.1, 0.15) is 0 Å². The highest BCUT2D eigenvalue weighted by atomic mass is 32.2. The maximum atomic E-state index is 13.1. The number of non-ortho nitro benzene ring substituents is 1. The first-order valence-corrected chi connectivity index (χ1v) is 20.4. The molecule has 0 spiro atoms. The molecule has 0 fully saturated rings. The van der Waals surface area contributed by atoms with Gasteiger partial charge < -0.3 is 21.1 Å². The highest BCUT2D eigenvalue weighted by molar-refractivity contribution is 7.92. The van der Waals surface area contributed by atoms with Gasteiger partial charge in [0, 0.05) is 23.9 Å². The molecule has 6 aromatic carbocycles. The molecule has 0 bridgehead atoms. The van der Waals surface area contributed by atoms with Crippen molar-refractivity contribution in [2.75, 3.05) is 10.5 Å². The summed E-state index contributed by atoms with van der Waals surface area (Å²) in [6.45, 7) is 0. The first kappa shape index (κ1) is 41.2. The molecule has 0 aliphatic carbocycles. The number of nitro groups is 1. The number of nitrogens with zero attached hydrogens (tertiary/aromatic N) is 7. The van der Waals surface area contributed by atoms with Gasteiger partial charge >= 0.3 is 0 Å². The van der Waals surface area contributed by atoms with E-state index in [2.05, 4.69) is 35.4 Å². The van der Waals surface area contributed by atoms with Crippen molar-refractivity contribution in [3.8, 4) is 17.2 Å². The van der Waals surface area contributed by atoms with E-state index < -0.39 is 78.6 Å². The summed E-state index contributed by atoms with van der Waals surface area (Å²) in [5, 5.41) is 63.6. The Kier molecular flexibility index (Phi) is 11.1. The lowest BCUT2D eigenvalue weighted by Crippen LogP contribution is -2.12. The van der Waals surface area contributed by atoms with Crippen molar-refractivity contribution in [1.29, 1.82) is 0 Å². The molecule has 59 heavy (non-hydrogen) atoms. The Morgan fingerprint density at radius 3 is 1.63 bits per heavy atom. The molecule has 6 rings (SSSR count). The Labute approximate surface area is 332 Å². The standard InChI is InChI=1S/C34H25N9O13S3/c35-31-30-18(15-28(58(51,52)53)32(31)40-37-20-5-9-23(10-6-20)43(47)48)16-29(59(54,55)56)33(34(30)46)41-38-19-1-3-22(4-2-19)42-57(49,50)25-12-7-21(8-13-25)36-39-26-14-11-24(44)17-27(26)45/h1-17,42,44-46H,35H2,(H,51,52,53)(H,54,55,56). The Morgan fingerprint density at radius 2 is 1.10 bits per heavy atom. The van der Waals surface area contributed by atoms with Crippen LogP contribution in [0.25, 0.3) is 10.8 Å². The summed E-state index contributed by atoms with van der Waals surface area (Å²) in [7, 11) is -14.5. The van der Waals surface area contributed by atoms with Gasteiger partial charge in [0.05, 0.1) is 38.0 Å². The fraction of sp³-hybridized carbons (Fsp3) is 0. The number of azo groups is 3. The number of sulfonamides is 1. The number of phenols is 3. The predicted octanol–water partition coefficient (Wildman–Crippen LogP) is 7.99. The number of nitrogens with two attached hydrogens (primary N) is 1. The van der Waals surface area contributed by atoms with Gasteiger partial charge in [0.15, 0.2) is 5.75 Å². The summed E-state index contributed by atoms with van der Waals surface area (Å²) in [6, 6.07) is 19.9. The lowest BCUT2D eigenvalue weighted by Gasteiger charge is -2.14. The average Bonchev–Trinajstić information content (AvgIpc) is 3.16. The van der Waals surface area contributed by atoms with Crippen LogP contribution in [-0.4, -0.2) is 54.6 Å². The highest BCUT2D eigenvalue weighted by Crippen LogP contribution is 2.48. The van der Waals surface area contributed by atoms with Crippen molar-refractivity contribution in [2.24, 2.45) is 30.7 Å². The van der Waals surface area contributed by atoms with E-state index in [9.17, 15) is 59.8 Å². The number of rotatable bonds is 12. The van der Waals surface area contributed by atoms with Crippen molar-refractivity contribution >= 4 is 92.2 Å². The molecule has 0 aliphatic heterocycles. The largest absolute Gasteiger partial charge is 0.508 e. The number of phenolic OH excluding ortho intramolecular Hbond substituents is 3. The van der Waals surface area contributed by atoms with Crippen LogP contribution < -0.4 is 10.5 Å². The Bertz CT molecular complexity index is 3090. The minimum atomic E-state index is -5.22. The molecule has 302 valence electrons. The summed E-state index contributed by atoms with van der Waals surface area (Å²) in [6.07, 6.45) is 0. The van der Waals surface area contributed by atoms with Crippen LogP contribution in [0.5, 0.6) is 17.2 Å². The molecule has 22 nitrogen and oxygen atoms in total. The maximum Gasteiger partial charge on any atom is 0.296 e. The van der Waals surface area contributed by atoms with Gasteiger partial charge in [-0.05, 0) is 90.3 Å². The Morgan fingerprint density at radius 1 is 0.610 bits per heavy atom. The number of hydrogen-bond donors (Lipinski definition) is 7. The number of aromatic hydroxyl groups is 3. The molecule has 0 saturated carbocycles. The van der Waals surface area contributed by atoms with E-state index in [-0.39, 0.29) is 50.5 Å². The van der Waals surface area contributed by atoms with Gasteiger partial charge in [0.2, 0.25) is 0 Å². The maximum absolute atomic E-state index is 13.1. The number of nitro benzene ring substituents is 1. The number of anilines is 2. The molecule has 0 atom stereocenters. The van der Waals surface area contributed by atoms with Crippen LogP contribution in [0.4, 0.5) is 51.2 Å². The SMILES string of the molecule is Nc1c(N=Nc2ccc([N+](=O)[O-])cc2)c(S(=O)(=O)O)cc2cc(S(=O)(=O)O)c(N=Nc3ccc(NS(=O)(=O)c4ccc(N=Nc5ccc(O)cc5O)cc4)cc3)c(O)c12. The number of nitrogen functional groups attached to an aromatic ring is 1. The first-order valence-electron chi connectivity index (χ1n) is 16.0. The third kappa shape index (κ3) is 9.24. The first-order chi connectivity index (χ1) is 27.7. The summed E-state index contributed by atoms with van der Waals surface area (Å²) in [5.41, 5.74) is 4.01. The third-order valence-corrected chi connectivity index (χ3v) is 11.1. The van der Waals surface area contributed by atoms with E-state index in [0.717, 1.165) is 18.2 Å². The molecule has 0 unspecified atom stereocenters. The van der Waals surface area contributed by atoms with E-state index in [4.69, 9.17) is 5.73 Å². The molecule has 8 N–H and O–H groups in total. The molecule has 0 aromatic heterocycles. The van der Waals surface area contributed by atoms with Gasteiger partial charge in [-0.3, -0.25) is 23.9 Å². The summed E-state index contributed by atoms with van der Waals surface area (Å²) >= 11 is 0. The second-order valence-corrected chi connectivity index (χ2v) is 16.4. The Hall–Kier alpha value is -7.45. The van der Waals surface area contributed by atoms with Crippen LogP contribution in [0, 0.1) is 10.1 Å². The zero-order chi connectivity index (χ0) is 42.9. The minimum Gasteiger partial charge on any atom is -0.508 e. The zero-order valence-electron chi connectivity index (χ0n) is 29.2. The van der Waals surface area contributed by atoms with Crippen molar-refractivity contribution in [3.05, 3.63) is 113 Å². The number of benzene rings is 6. The second-order valence-electron chi connectivity index (χ2n) is 11.9. The molecular formula is C34H25N9O13S3. The van der Waals surface area contributed by atoms with E-state index in [1.807, 2.05) is 0 Å². The van der Waals surface area contributed by atoms with Crippen LogP contribution in [-0.2, 0) is 30.3 Å². The van der Waals surface area contributed by atoms with E-state index in [1.54, 1.807) is 0 Å². The van der Waals surface area contributed by atoms with Gasteiger partial charge in [-0.15, -0.1) is 15.3 Å². The zero-order valence-corrected chi connectivity index (χ0v) is 31.7. The number of hydrogen-bond acceptors (Lipinski definition) is 18. The topological polar surface area (TPSA) is 359 Å². The monoisotopic (exact) mass is 863 g/mol. The van der Waals surface area contributed by atoms with Gasteiger partial charge in [-0.25, -0.2) is 8.42 Å². The van der Waals surface area contributed by atoms with Gasteiger partial charge in [0.25, 0.3) is 35.9 Å². The van der Waals surface area contributed by atoms with E-state index in [1.165, 1.54) is 72.8 Å². The normalized spacial score (nSPS) is 12.5. The van der Waals surface area contributed by atoms with Crippen LogP contribution in [0.2, 0.25) is 0 Å². The lowest BCUT2D eigenvalue weighted by molar-refractivity contribution is -0.384. The molecule has 0 saturated heterocycles.